The molecule has 0 aliphatic carbocycles. The zero-order valence-electron chi connectivity index (χ0n) is 23.3. The van der Waals surface area contributed by atoms with Gasteiger partial charge in [0.1, 0.15) is 9.57 Å². The van der Waals surface area contributed by atoms with Crippen LogP contribution >= 0.6 is 23.1 Å². The Bertz CT molecular complexity index is 1660. The number of unbranched alkanes of at least 4 members (excludes halogenated alkanes) is 3. The Labute approximate surface area is 246 Å². The number of ether oxygens (including phenoxy) is 1. The molecule has 1 aromatic heterocycles. The Hall–Kier alpha value is -3.63. The zero-order chi connectivity index (χ0) is 28.9. The molecule has 2 amide bonds. The van der Waals surface area contributed by atoms with Crippen molar-refractivity contribution in [2.45, 2.75) is 59.1 Å². The van der Waals surface area contributed by atoms with Gasteiger partial charge >= 0.3 is 0 Å². The molecule has 8 nitrogen and oxygen atoms in total. The number of amides is 2. The molecule has 10 heteroatoms. The van der Waals surface area contributed by atoms with Crippen LogP contribution < -0.4 is 19.7 Å². The molecule has 0 atom stereocenters. The fourth-order valence-electron chi connectivity index (χ4n) is 5.34. The molecule has 5 rings (SSSR count). The SMILES string of the molecule is CCCCCCN1c2ccccc2CCc2cc(/C=c3/s/c(=C4/SC(=O)N(CC)C4=O)n(COC=O)c3=O)ccc21. The molecule has 1 fully saturated rings. The van der Waals surface area contributed by atoms with Crippen LogP contribution in [0.15, 0.2) is 47.3 Å². The fourth-order valence-corrected chi connectivity index (χ4v) is 7.51. The summed E-state index contributed by atoms with van der Waals surface area (Å²) in [4.78, 5) is 53.3. The zero-order valence-corrected chi connectivity index (χ0v) is 24.9. The number of carbonyl (C=O) groups excluding carboxylic acids is 3. The number of hydrogen-bond acceptors (Lipinski definition) is 8. The summed E-state index contributed by atoms with van der Waals surface area (Å²) < 4.78 is 6.85. The Morgan fingerprint density at radius 3 is 2.46 bits per heavy atom. The second-order valence-corrected chi connectivity index (χ2v) is 12.0. The first-order valence-electron chi connectivity index (χ1n) is 14.0. The topological polar surface area (TPSA) is 88.9 Å². The largest absolute Gasteiger partial charge is 0.446 e. The highest BCUT2D eigenvalue weighted by atomic mass is 32.2. The number of benzene rings is 2. The Balaban J connectivity index is 1.57. The number of thiazole rings is 1. The average molecular weight is 592 g/mol. The number of anilines is 2. The molecule has 3 aromatic rings. The summed E-state index contributed by atoms with van der Waals surface area (Å²) in [6, 6.07) is 14.9. The molecule has 0 N–H and O–H groups in total. The first-order chi connectivity index (χ1) is 20.0. The molecule has 2 aromatic carbocycles. The van der Waals surface area contributed by atoms with Crippen LogP contribution in [0.2, 0.25) is 0 Å². The van der Waals surface area contributed by atoms with E-state index >= 15 is 0 Å². The lowest BCUT2D eigenvalue weighted by Gasteiger charge is -2.27. The fraction of sp³-hybridized carbons (Fsp3) is 0.355. The van der Waals surface area contributed by atoms with Gasteiger partial charge in [-0.1, -0.05) is 50.5 Å². The first-order valence-corrected chi connectivity index (χ1v) is 15.6. The minimum absolute atomic E-state index is 0.173. The smallest absolute Gasteiger partial charge is 0.294 e. The van der Waals surface area contributed by atoms with Gasteiger partial charge in [-0.3, -0.25) is 28.6 Å². The number of thioether (sulfide) groups is 1. The van der Waals surface area contributed by atoms with Crippen LogP contribution in [0.4, 0.5) is 16.2 Å². The summed E-state index contributed by atoms with van der Waals surface area (Å²) in [6.45, 7) is 5.04. The Kier molecular flexibility index (Phi) is 9.09. The standard InChI is InChI=1S/C31H33N3O5S2/c1-3-5-6-9-16-33-24-11-8-7-10-22(24)13-14-23-17-21(12-15-25(23)33)18-26-28(36)34(19-39-20-35)30(40-26)27-29(37)32(4-2)31(38)41-27/h7-8,10-12,15,17-18,20H,3-6,9,13-14,16,19H2,1-2H3/b26-18+,30-27+. The number of hydrogen-bond donors (Lipinski definition) is 0. The molecule has 0 unspecified atom stereocenters. The number of nitrogens with zero attached hydrogens (tertiary/aromatic N) is 3. The molecule has 0 bridgehead atoms. The normalized spacial score (nSPS) is 16.6. The molecule has 3 heterocycles. The molecule has 214 valence electrons. The van der Waals surface area contributed by atoms with Crippen LogP contribution in [-0.2, 0) is 33.9 Å². The molecular formula is C31H33N3O5S2. The first kappa shape index (κ1) is 28.9. The van der Waals surface area contributed by atoms with Crippen molar-refractivity contribution in [3.8, 4) is 0 Å². The van der Waals surface area contributed by atoms with Crippen molar-refractivity contribution in [2.75, 3.05) is 18.0 Å². The van der Waals surface area contributed by atoms with E-state index in [1.54, 1.807) is 6.92 Å². The van der Waals surface area contributed by atoms with E-state index in [-0.39, 0.29) is 35.5 Å². The quantitative estimate of drug-likeness (QED) is 0.253. The van der Waals surface area contributed by atoms with E-state index in [2.05, 4.69) is 48.2 Å². The predicted octanol–water partition coefficient (Wildman–Crippen LogP) is 4.51. The van der Waals surface area contributed by atoms with Crippen LogP contribution in [0.5, 0.6) is 0 Å². The third-order valence-corrected chi connectivity index (χ3v) is 9.64. The van der Waals surface area contributed by atoms with Crippen molar-refractivity contribution in [1.29, 1.82) is 0 Å². The van der Waals surface area contributed by atoms with Crippen molar-refractivity contribution in [3.63, 3.8) is 0 Å². The second kappa shape index (κ2) is 12.9. The van der Waals surface area contributed by atoms with Crippen LogP contribution in [0.3, 0.4) is 0 Å². The van der Waals surface area contributed by atoms with Crippen LogP contribution in [-0.4, -0.2) is 40.2 Å². The lowest BCUT2D eigenvalue weighted by atomic mass is 10.0. The second-order valence-electron chi connectivity index (χ2n) is 10.0. The summed E-state index contributed by atoms with van der Waals surface area (Å²) >= 11 is 1.93. The number of aryl methyl sites for hydroxylation is 2. The lowest BCUT2D eigenvalue weighted by Crippen LogP contribution is -2.34. The van der Waals surface area contributed by atoms with E-state index in [0.29, 0.717) is 9.20 Å². The summed E-state index contributed by atoms with van der Waals surface area (Å²) in [6.07, 6.45) is 8.34. The van der Waals surface area contributed by atoms with E-state index in [0.717, 1.165) is 59.4 Å². The molecule has 0 radical (unpaired) electrons. The highest BCUT2D eigenvalue weighted by Crippen LogP contribution is 2.37. The van der Waals surface area contributed by atoms with Gasteiger partial charge in [0.15, 0.2) is 6.73 Å². The van der Waals surface area contributed by atoms with E-state index in [9.17, 15) is 19.2 Å². The minimum Gasteiger partial charge on any atom is -0.446 e. The predicted molar refractivity (Wildman–Crippen MR) is 164 cm³/mol. The summed E-state index contributed by atoms with van der Waals surface area (Å²) in [5.74, 6) is -0.446. The Morgan fingerprint density at radius 1 is 0.927 bits per heavy atom. The number of para-hydroxylation sites is 1. The van der Waals surface area contributed by atoms with Gasteiger partial charge in [-0.05, 0) is 78.9 Å². The molecule has 0 spiro atoms. The highest BCUT2D eigenvalue weighted by Gasteiger charge is 2.35. The van der Waals surface area contributed by atoms with Gasteiger partial charge in [-0.2, -0.15) is 0 Å². The number of imide groups is 1. The highest BCUT2D eigenvalue weighted by molar-refractivity contribution is 8.23. The monoisotopic (exact) mass is 591 g/mol. The van der Waals surface area contributed by atoms with Gasteiger partial charge in [0.2, 0.25) is 0 Å². The van der Waals surface area contributed by atoms with Crippen molar-refractivity contribution >= 4 is 63.1 Å². The maximum absolute atomic E-state index is 13.4. The lowest BCUT2D eigenvalue weighted by molar-refractivity contribution is -0.132. The van der Waals surface area contributed by atoms with Crippen LogP contribution in [0.25, 0.3) is 11.0 Å². The maximum atomic E-state index is 13.4. The van der Waals surface area contributed by atoms with Gasteiger partial charge < -0.3 is 9.64 Å². The molecular weight excluding hydrogens is 558 g/mol. The molecule has 2 aliphatic rings. The van der Waals surface area contributed by atoms with Gasteiger partial charge in [0.05, 0.1) is 4.53 Å². The van der Waals surface area contributed by atoms with E-state index in [1.165, 1.54) is 46.3 Å². The number of carbonyl (C=O) groups is 3. The van der Waals surface area contributed by atoms with Gasteiger partial charge in [-0.15, -0.1) is 11.3 Å². The number of fused-ring (bicyclic) bond motifs is 2. The minimum atomic E-state index is -0.446. The van der Waals surface area contributed by atoms with Crippen molar-refractivity contribution in [1.82, 2.24) is 9.47 Å². The van der Waals surface area contributed by atoms with Crippen molar-refractivity contribution in [3.05, 3.63) is 78.7 Å². The summed E-state index contributed by atoms with van der Waals surface area (Å²) in [7, 11) is 0. The van der Waals surface area contributed by atoms with Gasteiger partial charge in [0.25, 0.3) is 23.2 Å². The van der Waals surface area contributed by atoms with Gasteiger partial charge in [-0.25, -0.2) is 0 Å². The third kappa shape index (κ3) is 5.90. The van der Waals surface area contributed by atoms with Gasteiger partial charge in [0, 0.05) is 24.5 Å². The van der Waals surface area contributed by atoms with Crippen molar-refractivity contribution < 1.29 is 19.1 Å². The number of rotatable bonds is 10. The van der Waals surface area contributed by atoms with Crippen molar-refractivity contribution in [2.24, 2.45) is 0 Å². The van der Waals surface area contributed by atoms with E-state index in [1.807, 2.05) is 12.1 Å². The summed E-state index contributed by atoms with van der Waals surface area (Å²) in [5, 5.41) is -0.382. The molecule has 1 saturated heterocycles. The van der Waals surface area contributed by atoms with E-state index in [4.69, 9.17) is 4.74 Å². The Morgan fingerprint density at radius 2 is 1.71 bits per heavy atom. The number of aromatic nitrogens is 1. The maximum Gasteiger partial charge on any atom is 0.294 e. The molecule has 0 saturated carbocycles. The van der Waals surface area contributed by atoms with Crippen LogP contribution in [0.1, 0.15) is 56.2 Å². The van der Waals surface area contributed by atoms with E-state index < -0.39 is 5.91 Å². The molecule has 41 heavy (non-hydrogen) atoms. The average Bonchev–Trinajstić information content (AvgIpc) is 3.38. The van der Waals surface area contributed by atoms with Crippen LogP contribution in [0, 0.1) is 0 Å². The summed E-state index contributed by atoms with van der Waals surface area (Å²) in [5.41, 5.74) is 5.48. The third-order valence-electron chi connectivity index (χ3n) is 7.41. The molecule has 2 aliphatic heterocycles.